The van der Waals surface area contributed by atoms with Crippen LogP contribution in [0.2, 0.25) is 0 Å². The molecule has 4 heteroatoms. The van der Waals surface area contributed by atoms with Crippen molar-refractivity contribution in [3.63, 3.8) is 0 Å². The molecular weight excluding hydrogens is 228 g/mol. The molecule has 1 unspecified atom stereocenters. The average molecular weight is 248 g/mol. The molecule has 1 heterocycles. The molecule has 0 aliphatic carbocycles. The second-order valence-corrected chi connectivity index (χ2v) is 5.49. The van der Waals surface area contributed by atoms with Gasteiger partial charge in [0.1, 0.15) is 5.54 Å². The maximum atomic E-state index is 11.4. The van der Waals surface area contributed by atoms with Crippen molar-refractivity contribution in [1.29, 1.82) is 0 Å². The fourth-order valence-electron chi connectivity index (χ4n) is 2.63. The number of aliphatic carboxylic acids is 1. The highest BCUT2D eigenvalue weighted by molar-refractivity contribution is 5.81. The van der Waals surface area contributed by atoms with Gasteiger partial charge < -0.3 is 10.8 Å². The Bertz CT molecular complexity index is 444. The summed E-state index contributed by atoms with van der Waals surface area (Å²) in [4.78, 5) is 13.5. The van der Waals surface area contributed by atoms with Gasteiger partial charge in [0.05, 0.1) is 0 Å². The van der Waals surface area contributed by atoms with Crippen LogP contribution in [0.1, 0.15) is 25.8 Å². The lowest BCUT2D eigenvalue weighted by Gasteiger charge is -2.40. The fourth-order valence-corrected chi connectivity index (χ4v) is 2.63. The van der Waals surface area contributed by atoms with Crippen LogP contribution in [0.4, 0.5) is 0 Å². The number of carboxylic acid groups (broad SMARTS) is 1. The van der Waals surface area contributed by atoms with Crippen molar-refractivity contribution in [2.24, 2.45) is 5.73 Å². The molecule has 0 spiro atoms. The maximum absolute atomic E-state index is 11.4. The number of hydrogen-bond donors (Lipinski definition) is 2. The Balaban J connectivity index is 2.20. The monoisotopic (exact) mass is 248 g/mol. The first kappa shape index (κ1) is 13.1. The molecule has 1 atom stereocenters. The van der Waals surface area contributed by atoms with Gasteiger partial charge in [-0.05, 0) is 25.8 Å². The number of likely N-dealkylation sites (tertiary alicyclic amines) is 1. The highest BCUT2D eigenvalue weighted by Crippen LogP contribution is 2.37. The Kier molecular flexibility index (Phi) is 3.17. The summed E-state index contributed by atoms with van der Waals surface area (Å²) in [5.74, 6) is -0.914. The van der Waals surface area contributed by atoms with Gasteiger partial charge in [0.15, 0.2) is 0 Å². The van der Waals surface area contributed by atoms with Crippen LogP contribution in [0.3, 0.4) is 0 Å². The summed E-state index contributed by atoms with van der Waals surface area (Å²) in [6, 6.07) is 10.1. The van der Waals surface area contributed by atoms with Crippen LogP contribution in [0.15, 0.2) is 30.3 Å². The third-order valence-electron chi connectivity index (χ3n) is 4.26. The Morgan fingerprint density at radius 1 is 1.39 bits per heavy atom. The van der Waals surface area contributed by atoms with Crippen LogP contribution in [0.25, 0.3) is 0 Å². The zero-order chi connectivity index (χ0) is 13.4. The van der Waals surface area contributed by atoms with Gasteiger partial charge in [-0.25, -0.2) is 0 Å². The van der Waals surface area contributed by atoms with Crippen LogP contribution < -0.4 is 5.73 Å². The molecule has 1 fully saturated rings. The van der Waals surface area contributed by atoms with E-state index >= 15 is 0 Å². The molecule has 3 N–H and O–H groups in total. The molecule has 0 amide bonds. The fraction of sp³-hybridized carbons (Fsp3) is 0.500. The van der Waals surface area contributed by atoms with E-state index in [1.165, 1.54) is 5.56 Å². The summed E-state index contributed by atoms with van der Waals surface area (Å²) in [5.41, 5.74) is 5.55. The second kappa shape index (κ2) is 4.37. The number of benzene rings is 1. The van der Waals surface area contributed by atoms with Gasteiger partial charge in [-0.3, -0.25) is 9.69 Å². The van der Waals surface area contributed by atoms with Gasteiger partial charge in [-0.15, -0.1) is 0 Å². The topological polar surface area (TPSA) is 66.6 Å². The molecule has 1 aliphatic rings. The van der Waals surface area contributed by atoms with E-state index in [0.29, 0.717) is 13.0 Å². The van der Waals surface area contributed by atoms with E-state index in [1.807, 2.05) is 44.2 Å². The van der Waals surface area contributed by atoms with Crippen molar-refractivity contribution in [3.8, 4) is 0 Å². The number of nitrogens with two attached hydrogens (primary N) is 1. The van der Waals surface area contributed by atoms with Crippen LogP contribution >= 0.6 is 0 Å². The first-order valence-corrected chi connectivity index (χ1v) is 6.19. The van der Waals surface area contributed by atoms with E-state index in [2.05, 4.69) is 4.90 Å². The third-order valence-corrected chi connectivity index (χ3v) is 4.26. The molecule has 1 aromatic rings. The standard InChI is InChI=1S/C14H20N2O2/c1-13(2)14(15,12(17)18)8-9-16(13)10-11-6-4-3-5-7-11/h3-7H,8-10,15H2,1-2H3,(H,17,18). The van der Waals surface area contributed by atoms with Crippen molar-refractivity contribution >= 4 is 5.97 Å². The van der Waals surface area contributed by atoms with E-state index < -0.39 is 17.0 Å². The van der Waals surface area contributed by atoms with Crippen molar-refractivity contribution in [1.82, 2.24) is 4.90 Å². The Labute approximate surface area is 107 Å². The molecule has 4 nitrogen and oxygen atoms in total. The Morgan fingerprint density at radius 3 is 2.50 bits per heavy atom. The molecule has 98 valence electrons. The molecule has 1 saturated heterocycles. The first-order chi connectivity index (χ1) is 8.38. The smallest absolute Gasteiger partial charge is 0.325 e. The summed E-state index contributed by atoms with van der Waals surface area (Å²) in [6.45, 7) is 5.28. The number of carboxylic acids is 1. The van der Waals surface area contributed by atoms with E-state index in [9.17, 15) is 9.90 Å². The molecule has 0 bridgehead atoms. The van der Waals surface area contributed by atoms with Crippen molar-refractivity contribution < 1.29 is 9.90 Å². The molecule has 18 heavy (non-hydrogen) atoms. The third kappa shape index (κ3) is 1.91. The van der Waals surface area contributed by atoms with Gasteiger partial charge in [-0.1, -0.05) is 30.3 Å². The van der Waals surface area contributed by atoms with E-state index in [0.717, 1.165) is 6.54 Å². The lowest BCUT2D eigenvalue weighted by molar-refractivity contribution is -0.146. The van der Waals surface area contributed by atoms with Crippen LogP contribution in [0.5, 0.6) is 0 Å². The number of nitrogens with zero attached hydrogens (tertiary/aromatic N) is 1. The lowest BCUT2D eigenvalue weighted by Crippen LogP contribution is -2.63. The minimum Gasteiger partial charge on any atom is -0.480 e. The van der Waals surface area contributed by atoms with Gasteiger partial charge in [0.25, 0.3) is 0 Å². The number of carbonyl (C=O) groups is 1. The number of hydrogen-bond acceptors (Lipinski definition) is 3. The van der Waals surface area contributed by atoms with Gasteiger partial charge in [0.2, 0.25) is 0 Å². The quantitative estimate of drug-likeness (QED) is 0.849. The normalized spacial score (nSPS) is 27.3. The van der Waals surface area contributed by atoms with Gasteiger partial charge >= 0.3 is 5.97 Å². The van der Waals surface area contributed by atoms with Crippen LogP contribution in [-0.2, 0) is 11.3 Å². The zero-order valence-corrected chi connectivity index (χ0v) is 10.9. The summed E-state index contributed by atoms with van der Waals surface area (Å²) in [5, 5.41) is 9.34. The molecule has 0 saturated carbocycles. The molecular formula is C14H20N2O2. The summed E-state index contributed by atoms with van der Waals surface area (Å²) >= 11 is 0. The molecule has 0 aromatic heterocycles. The predicted octanol–water partition coefficient (Wildman–Crippen LogP) is 1.45. The minimum atomic E-state index is -1.16. The highest BCUT2D eigenvalue weighted by Gasteiger charge is 2.55. The molecule has 0 radical (unpaired) electrons. The molecule has 1 aromatic carbocycles. The summed E-state index contributed by atoms with van der Waals surface area (Å²) in [7, 11) is 0. The molecule has 1 aliphatic heterocycles. The van der Waals surface area contributed by atoms with E-state index in [4.69, 9.17) is 5.73 Å². The van der Waals surface area contributed by atoms with Crippen molar-refractivity contribution in [2.45, 2.75) is 37.9 Å². The zero-order valence-electron chi connectivity index (χ0n) is 10.9. The van der Waals surface area contributed by atoms with E-state index in [-0.39, 0.29) is 0 Å². The SMILES string of the molecule is CC1(C)N(Cc2ccccc2)CCC1(N)C(=O)O. The highest BCUT2D eigenvalue weighted by atomic mass is 16.4. The van der Waals surface area contributed by atoms with Crippen molar-refractivity contribution in [2.75, 3.05) is 6.54 Å². The van der Waals surface area contributed by atoms with Crippen LogP contribution in [-0.4, -0.2) is 33.6 Å². The lowest BCUT2D eigenvalue weighted by atomic mass is 9.81. The molecule has 2 rings (SSSR count). The van der Waals surface area contributed by atoms with Gasteiger partial charge in [-0.2, -0.15) is 0 Å². The Hall–Kier alpha value is -1.39. The first-order valence-electron chi connectivity index (χ1n) is 6.19. The van der Waals surface area contributed by atoms with Gasteiger partial charge in [0, 0.05) is 18.6 Å². The average Bonchev–Trinajstić information content (AvgIpc) is 2.55. The Morgan fingerprint density at radius 2 is 2.00 bits per heavy atom. The maximum Gasteiger partial charge on any atom is 0.325 e. The summed E-state index contributed by atoms with van der Waals surface area (Å²) < 4.78 is 0. The predicted molar refractivity (Wildman–Crippen MR) is 70.1 cm³/mol. The largest absolute Gasteiger partial charge is 0.480 e. The summed E-state index contributed by atoms with van der Waals surface area (Å²) in [6.07, 6.45) is 0.488. The number of rotatable bonds is 3. The minimum absolute atomic E-state index is 0.488. The van der Waals surface area contributed by atoms with Crippen LogP contribution in [0, 0.1) is 0 Å². The second-order valence-electron chi connectivity index (χ2n) is 5.49. The van der Waals surface area contributed by atoms with Crippen molar-refractivity contribution in [3.05, 3.63) is 35.9 Å². The van der Waals surface area contributed by atoms with E-state index in [1.54, 1.807) is 0 Å².